The maximum atomic E-state index is 4.73. The SMILES string of the molecule is CC(C)c1ccc(-c2ncnc3c2C(C)(C)c2cc4ccccc4cc2-3)cc1. The van der Waals surface area contributed by atoms with Crippen molar-refractivity contribution in [2.45, 2.75) is 39.0 Å². The van der Waals surface area contributed by atoms with Gasteiger partial charge < -0.3 is 0 Å². The van der Waals surface area contributed by atoms with E-state index in [4.69, 9.17) is 9.97 Å². The molecular formula is C26H24N2. The molecule has 2 heteroatoms. The Balaban J connectivity index is 1.74. The molecule has 0 atom stereocenters. The minimum absolute atomic E-state index is 0.137. The summed E-state index contributed by atoms with van der Waals surface area (Å²) in [6, 6.07) is 22.0. The molecule has 1 aromatic heterocycles. The molecule has 5 rings (SSSR count). The normalized spacial score (nSPS) is 14.3. The number of rotatable bonds is 2. The summed E-state index contributed by atoms with van der Waals surface area (Å²) in [6.07, 6.45) is 1.71. The summed E-state index contributed by atoms with van der Waals surface area (Å²) in [5.41, 5.74) is 8.30. The molecule has 0 radical (unpaired) electrons. The predicted octanol–water partition coefficient (Wildman–Crippen LogP) is 6.73. The summed E-state index contributed by atoms with van der Waals surface area (Å²) < 4.78 is 0. The van der Waals surface area contributed by atoms with E-state index in [0.29, 0.717) is 5.92 Å². The average molecular weight is 364 g/mol. The highest BCUT2D eigenvalue weighted by molar-refractivity contribution is 5.94. The molecule has 2 nitrogen and oxygen atoms in total. The number of benzene rings is 3. The Morgan fingerprint density at radius 2 is 1.43 bits per heavy atom. The van der Waals surface area contributed by atoms with Crippen LogP contribution in [0.25, 0.3) is 33.3 Å². The molecule has 0 amide bonds. The second-order valence-corrected chi connectivity index (χ2v) is 8.59. The van der Waals surface area contributed by atoms with Gasteiger partial charge in [0.1, 0.15) is 6.33 Å². The van der Waals surface area contributed by atoms with Crippen LogP contribution in [-0.4, -0.2) is 9.97 Å². The van der Waals surface area contributed by atoms with Gasteiger partial charge in [0.2, 0.25) is 0 Å². The van der Waals surface area contributed by atoms with Crippen LogP contribution in [0.3, 0.4) is 0 Å². The standard InChI is InChI=1S/C26H24N2/c1-16(2)17-9-11-18(12-10-17)24-23-25(28-15-27-24)21-13-19-7-5-6-8-20(19)14-22(21)26(23,3)4/h5-16H,1-4H3. The largest absolute Gasteiger partial charge is 0.236 e. The fraction of sp³-hybridized carbons (Fsp3) is 0.231. The van der Waals surface area contributed by atoms with E-state index in [-0.39, 0.29) is 5.41 Å². The third-order valence-corrected chi connectivity index (χ3v) is 6.14. The Morgan fingerprint density at radius 3 is 2.11 bits per heavy atom. The van der Waals surface area contributed by atoms with Gasteiger partial charge in [-0.05, 0) is 39.9 Å². The average Bonchev–Trinajstić information content (AvgIpc) is 2.93. The van der Waals surface area contributed by atoms with Gasteiger partial charge in [-0.2, -0.15) is 0 Å². The fourth-order valence-corrected chi connectivity index (χ4v) is 4.51. The van der Waals surface area contributed by atoms with Gasteiger partial charge in [0.15, 0.2) is 0 Å². The summed E-state index contributed by atoms with van der Waals surface area (Å²) >= 11 is 0. The predicted molar refractivity (Wildman–Crippen MR) is 117 cm³/mol. The van der Waals surface area contributed by atoms with Gasteiger partial charge in [0.25, 0.3) is 0 Å². The molecule has 1 heterocycles. The molecule has 0 saturated heterocycles. The molecule has 1 aliphatic carbocycles. The third kappa shape index (κ3) is 2.41. The first-order chi connectivity index (χ1) is 13.5. The van der Waals surface area contributed by atoms with E-state index >= 15 is 0 Å². The lowest BCUT2D eigenvalue weighted by Gasteiger charge is -2.23. The molecule has 0 bridgehead atoms. The van der Waals surface area contributed by atoms with Crippen molar-refractivity contribution < 1.29 is 0 Å². The lowest BCUT2D eigenvalue weighted by atomic mass is 9.80. The van der Waals surface area contributed by atoms with Crippen molar-refractivity contribution in [2.24, 2.45) is 0 Å². The molecule has 0 aliphatic heterocycles. The number of hydrogen-bond acceptors (Lipinski definition) is 2. The molecular weight excluding hydrogens is 340 g/mol. The Morgan fingerprint density at radius 1 is 0.786 bits per heavy atom. The summed E-state index contributed by atoms with van der Waals surface area (Å²) in [4.78, 5) is 9.46. The van der Waals surface area contributed by atoms with Gasteiger partial charge in [-0.15, -0.1) is 0 Å². The second kappa shape index (κ2) is 6.00. The van der Waals surface area contributed by atoms with Crippen LogP contribution in [0.5, 0.6) is 0 Å². The Bertz CT molecular complexity index is 1200. The van der Waals surface area contributed by atoms with E-state index in [9.17, 15) is 0 Å². The van der Waals surface area contributed by atoms with E-state index < -0.39 is 0 Å². The van der Waals surface area contributed by atoms with Crippen LogP contribution < -0.4 is 0 Å². The van der Waals surface area contributed by atoms with Gasteiger partial charge >= 0.3 is 0 Å². The molecule has 1 aliphatic rings. The zero-order valence-electron chi connectivity index (χ0n) is 16.8. The van der Waals surface area contributed by atoms with Crippen molar-refractivity contribution in [3.8, 4) is 22.5 Å². The zero-order valence-corrected chi connectivity index (χ0v) is 16.8. The lowest BCUT2D eigenvalue weighted by Crippen LogP contribution is -2.17. The number of hydrogen-bond donors (Lipinski definition) is 0. The second-order valence-electron chi connectivity index (χ2n) is 8.59. The Kier molecular flexibility index (Phi) is 3.67. The first-order valence-electron chi connectivity index (χ1n) is 9.96. The van der Waals surface area contributed by atoms with E-state index in [1.54, 1.807) is 6.33 Å². The van der Waals surface area contributed by atoms with Crippen molar-refractivity contribution >= 4 is 10.8 Å². The molecule has 0 N–H and O–H groups in total. The molecule has 4 aromatic rings. The maximum absolute atomic E-state index is 4.73. The van der Waals surface area contributed by atoms with Gasteiger partial charge in [-0.1, -0.05) is 76.2 Å². The van der Waals surface area contributed by atoms with Gasteiger partial charge in [0.05, 0.1) is 11.4 Å². The Labute approximate surface area is 166 Å². The van der Waals surface area contributed by atoms with E-state index in [1.165, 1.54) is 33.0 Å². The summed E-state index contributed by atoms with van der Waals surface area (Å²) in [5.74, 6) is 0.526. The quantitative estimate of drug-likeness (QED) is 0.394. The smallest absolute Gasteiger partial charge is 0.116 e. The first kappa shape index (κ1) is 17.1. The molecule has 28 heavy (non-hydrogen) atoms. The van der Waals surface area contributed by atoms with Crippen molar-refractivity contribution in [1.82, 2.24) is 9.97 Å². The van der Waals surface area contributed by atoms with Crippen LogP contribution in [0.2, 0.25) is 0 Å². The molecule has 0 spiro atoms. The summed E-state index contributed by atoms with van der Waals surface area (Å²) in [5, 5.41) is 2.53. The minimum atomic E-state index is -0.137. The van der Waals surface area contributed by atoms with Crippen LogP contribution in [0.4, 0.5) is 0 Å². The summed E-state index contributed by atoms with van der Waals surface area (Å²) in [7, 11) is 0. The zero-order chi connectivity index (χ0) is 19.5. The maximum Gasteiger partial charge on any atom is 0.116 e. The van der Waals surface area contributed by atoms with E-state index in [2.05, 4.69) is 88.4 Å². The third-order valence-electron chi connectivity index (χ3n) is 6.14. The highest BCUT2D eigenvalue weighted by atomic mass is 14.9. The minimum Gasteiger partial charge on any atom is -0.236 e. The van der Waals surface area contributed by atoms with Crippen molar-refractivity contribution in [1.29, 1.82) is 0 Å². The van der Waals surface area contributed by atoms with Crippen molar-refractivity contribution in [3.05, 3.63) is 83.7 Å². The molecule has 3 aromatic carbocycles. The van der Waals surface area contributed by atoms with Gasteiger partial charge in [-0.25, -0.2) is 9.97 Å². The van der Waals surface area contributed by atoms with Crippen molar-refractivity contribution in [3.63, 3.8) is 0 Å². The van der Waals surface area contributed by atoms with Crippen LogP contribution in [0.1, 0.15) is 50.3 Å². The van der Waals surface area contributed by atoms with Crippen LogP contribution >= 0.6 is 0 Å². The highest BCUT2D eigenvalue weighted by Gasteiger charge is 2.39. The number of aromatic nitrogens is 2. The highest BCUT2D eigenvalue weighted by Crippen LogP contribution is 2.51. The summed E-state index contributed by atoms with van der Waals surface area (Å²) in [6.45, 7) is 9.03. The van der Waals surface area contributed by atoms with Crippen LogP contribution in [0.15, 0.2) is 67.0 Å². The van der Waals surface area contributed by atoms with Gasteiger partial charge in [-0.3, -0.25) is 0 Å². The lowest BCUT2D eigenvalue weighted by molar-refractivity contribution is 0.658. The number of fused-ring (bicyclic) bond motifs is 4. The topological polar surface area (TPSA) is 25.8 Å². The fourth-order valence-electron chi connectivity index (χ4n) is 4.51. The van der Waals surface area contributed by atoms with Crippen LogP contribution in [0, 0.1) is 0 Å². The molecule has 0 saturated carbocycles. The van der Waals surface area contributed by atoms with Crippen molar-refractivity contribution in [2.75, 3.05) is 0 Å². The first-order valence-corrected chi connectivity index (χ1v) is 9.96. The van der Waals surface area contributed by atoms with E-state index in [0.717, 1.165) is 17.0 Å². The Hall–Kier alpha value is -3.00. The monoisotopic (exact) mass is 364 g/mol. The molecule has 0 fully saturated rings. The molecule has 0 unspecified atom stereocenters. The molecule has 138 valence electrons. The van der Waals surface area contributed by atoms with E-state index in [1.807, 2.05) is 0 Å². The van der Waals surface area contributed by atoms with Gasteiger partial charge in [0, 0.05) is 22.1 Å². The number of nitrogens with zero attached hydrogens (tertiary/aromatic N) is 2. The van der Waals surface area contributed by atoms with Crippen LogP contribution in [-0.2, 0) is 5.41 Å².